The van der Waals surface area contributed by atoms with Gasteiger partial charge in [0.2, 0.25) is 18.3 Å². The van der Waals surface area contributed by atoms with E-state index >= 15 is 0 Å². The van der Waals surface area contributed by atoms with E-state index < -0.39 is 18.4 Å². The minimum Gasteiger partial charge on any atom is -0.478 e. The molecule has 0 aliphatic heterocycles. The number of halogens is 4. The first-order chi connectivity index (χ1) is 11.2. The molecule has 0 fully saturated rings. The fraction of sp³-hybridized carbons (Fsp3) is 0.200. The summed E-state index contributed by atoms with van der Waals surface area (Å²) in [5.41, 5.74) is 0.342. The van der Waals surface area contributed by atoms with E-state index in [0.29, 0.717) is 0 Å². The van der Waals surface area contributed by atoms with Gasteiger partial charge in [-0.25, -0.2) is 8.78 Å². The van der Waals surface area contributed by atoms with E-state index in [1.54, 1.807) is 12.1 Å². The minimum atomic E-state index is -0.613. The zero-order valence-corrected chi connectivity index (χ0v) is 14.9. The highest BCUT2D eigenvalue weighted by Gasteiger charge is 2.14. The third kappa shape index (κ3) is 4.71. The largest absolute Gasteiger partial charge is 0.478 e. The van der Waals surface area contributed by atoms with E-state index in [-0.39, 0.29) is 34.0 Å². The van der Waals surface area contributed by atoms with E-state index in [2.05, 4.69) is 31.9 Å². The van der Waals surface area contributed by atoms with Crippen molar-refractivity contribution in [3.05, 3.63) is 48.0 Å². The van der Waals surface area contributed by atoms with Gasteiger partial charge in [0.05, 0.1) is 0 Å². The molecule has 0 saturated heterocycles. The van der Waals surface area contributed by atoms with Crippen molar-refractivity contribution in [3.63, 3.8) is 0 Å². The first kappa shape index (κ1) is 17.8. The Balaban J connectivity index is 2.09. The first-order valence-electron chi connectivity index (χ1n) is 6.37. The van der Waals surface area contributed by atoms with Crippen LogP contribution in [0, 0.1) is 11.6 Å². The van der Waals surface area contributed by atoms with Gasteiger partial charge in [-0.2, -0.15) is 0 Å². The monoisotopic (exact) mass is 452 g/mol. The van der Waals surface area contributed by atoms with Gasteiger partial charge in [0.25, 0.3) is 0 Å². The lowest BCUT2D eigenvalue weighted by atomic mass is 10.3. The van der Waals surface area contributed by atoms with Crippen LogP contribution in [0.1, 0.15) is 0 Å². The molecule has 124 valence electrons. The Morgan fingerprint density at radius 3 is 1.52 bits per heavy atom. The van der Waals surface area contributed by atoms with Crippen molar-refractivity contribution in [2.75, 3.05) is 17.8 Å². The summed E-state index contributed by atoms with van der Waals surface area (Å²) in [6.07, 6.45) is 0. The van der Waals surface area contributed by atoms with Gasteiger partial charge in [-0.3, -0.25) is 0 Å². The average molecular weight is 454 g/mol. The number of para-hydroxylation sites is 2. The third-order valence-corrected chi connectivity index (χ3v) is 3.15. The van der Waals surface area contributed by atoms with Gasteiger partial charge in [0.1, 0.15) is 11.0 Å². The zero-order valence-electron chi connectivity index (χ0n) is 11.7. The van der Waals surface area contributed by atoms with Gasteiger partial charge in [-0.15, -0.1) is 0 Å². The van der Waals surface area contributed by atoms with Crippen LogP contribution in [-0.4, -0.2) is 17.8 Å². The Bertz CT molecular complexity index is 600. The summed E-state index contributed by atoms with van der Waals surface area (Å²) >= 11 is 6.17. The molecular formula is C15H12Br2F2O4. The third-order valence-electron chi connectivity index (χ3n) is 2.69. The summed E-state index contributed by atoms with van der Waals surface area (Å²) < 4.78 is 48.5. The lowest BCUT2D eigenvalue weighted by Gasteiger charge is -2.15. The maximum absolute atomic E-state index is 13.8. The summed E-state index contributed by atoms with van der Waals surface area (Å²) in [7, 11) is 0. The van der Waals surface area contributed by atoms with Crippen LogP contribution in [0.2, 0.25) is 0 Å². The van der Waals surface area contributed by atoms with Crippen molar-refractivity contribution < 1.29 is 27.7 Å². The second-order valence-electron chi connectivity index (χ2n) is 4.05. The van der Waals surface area contributed by atoms with Crippen LogP contribution in [0.15, 0.2) is 36.4 Å². The van der Waals surface area contributed by atoms with Crippen LogP contribution in [0.4, 0.5) is 8.78 Å². The highest BCUT2D eigenvalue weighted by Crippen LogP contribution is 2.33. The summed E-state index contributed by atoms with van der Waals surface area (Å²) in [5.74, 6) is -1.06. The van der Waals surface area contributed by atoms with Crippen LogP contribution in [-0.2, 0) is 0 Å². The van der Waals surface area contributed by atoms with Crippen LogP contribution in [0.3, 0.4) is 0 Å². The van der Waals surface area contributed by atoms with E-state index in [4.69, 9.17) is 18.9 Å². The lowest BCUT2D eigenvalue weighted by Crippen LogP contribution is -2.10. The van der Waals surface area contributed by atoms with Crippen molar-refractivity contribution in [2.24, 2.45) is 0 Å². The molecule has 8 heteroatoms. The molecule has 2 rings (SSSR count). The van der Waals surface area contributed by atoms with Gasteiger partial charge < -0.3 is 18.9 Å². The summed E-state index contributed by atoms with van der Waals surface area (Å²) in [6, 6.07) is 8.50. The predicted octanol–water partition coefficient (Wildman–Crippen LogP) is 4.84. The van der Waals surface area contributed by atoms with E-state index in [1.807, 2.05) is 0 Å². The number of alkyl halides is 2. The molecule has 0 amide bonds. The summed E-state index contributed by atoms with van der Waals surface area (Å²) in [6.45, 7) is -0.418. The Morgan fingerprint density at radius 2 is 1.13 bits per heavy atom. The molecule has 0 aliphatic carbocycles. The van der Waals surface area contributed by atoms with Crippen molar-refractivity contribution in [3.8, 4) is 23.0 Å². The molecule has 0 spiro atoms. The van der Waals surface area contributed by atoms with E-state index in [1.165, 1.54) is 24.3 Å². The molecule has 2 aromatic carbocycles. The Labute approximate surface area is 148 Å². The van der Waals surface area contributed by atoms with Gasteiger partial charge in [-0.1, -0.05) is 12.1 Å². The van der Waals surface area contributed by atoms with Crippen LogP contribution >= 0.6 is 31.9 Å². The Hall–Kier alpha value is -1.54. The highest BCUT2D eigenvalue weighted by molar-refractivity contribution is 9.09. The first-order valence-corrected chi connectivity index (χ1v) is 8.61. The molecule has 0 bridgehead atoms. The second kappa shape index (κ2) is 8.93. The van der Waals surface area contributed by atoms with Crippen LogP contribution in [0.5, 0.6) is 23.0 Å². The minimum absolute atomic E-state index is 0.119. The molecule has 0 atom stereocenters. The van der Waals surface area contributed by atoms with Crippen LogP contribution in [0.25, 0.3) is 0 Å². The topological polar surface area (TPSA) is 36.9 Å². The van der Waals surface area contributed by atoms with Crippen LogP contribution < -0.4 is 18.9 Å². The molecule has 0 aliphatic rings. The zero-order chi connectivity index (χ0) is 16.7. The molecular weight excluding hydrogens is 442 g/mol. The number of benzene rings is 2. The number of rotatable bonds is 8. The smallest absolute Gasteiger partial charge is 0.231 e. The second-order valence-corrected chi connectivity index (χ2v) is 4.96. The number of hydrogen-bond donors (Lipinski definition) is 0. The lowest BCUT2D eigenvalue weighted by molar-refractivity contribution is 0.103. The fourth-order valence-electron chi connectivity index (χ4n) is 1.75. The molecule has 0 saturated carbocycles. The average Bonchev–Trinajstić information content (AvgIpc) is 2.53. The quantitative estimate of drug-likeness (QED) is 0.423. The Kier molecular flexibility index (Phi) is 6.91. The highest BCUT2D eigenvalue weighted by atomic mass is 79.9. The summed E-state index contributed by atoms with van der Waals surface area (Å²) in [4.78, 5) is 0. The SMILES string of the molecule is Fc1cccc(OCBr)c1OCOc1c(F)cccc1OCBr. The standard InChI is InChI=1S/C15H12Br2F2O4/c16-7-20-12-5-1-3-10(18)14(12)22-9-23-15-11(19)4-2-6-13(15)21-8-17/h1-6H,7-9H2. The molecule has 23 heavy (non-hydrogen) atoms. The van der Waals surface area contributed by atoms with Gasteiger partial charge in [0, 0.05) is 0 Å². The van der Waals surface area contributed by atoms with E-state index in [0.717, 1.165) is 0 Å². The number of ether oxygens (including phenoxy) is 4. The Morgan fingerprint density at radius 1 is 0.696 bits per heavy atom. The number of hydrogen-bond acceptors (Lipinski definition) is 4. The predicted molar refractivity (Wildman–Crippen MR) is 87.8 cm³/mol. The van der Waals surface area contributed by atoms with E-state index in [9.17, 15) is 8.78 Å². The maximum atomic E-state index is 13.8. The molecule has 0 N–H and O–H groups in total. The molecule has 4 nitrogen and oxygen atoms in total. The molecule has 0 aromatic heterocycles. The van der Waals surface area contributed by atoms with Crippen molar-refractivity contribution >= 4 is 31.9 Å². The molecule has 0 radical (unpaired) electrons. The van der Waals surface area contributed by atoms with Gasteiger partial charge in [-0.05, 0) is 56.1 Å². The van der Waals surface area contributed by atoms with Gasteiger partial charge >= 0.3 is 0 Å². The molecule has 0 unspecified atom stereocenters. The molecule has 2 aromatic rings. The summed E-state index contributed by atoms with van der Waals surface area (Å²) in [5, 5.41) is 0. The normalized spacial score (nSPS) is 10.3. The van der Waals surface area contributed by atoms with Crippen molar-refractivity contribution in [2.45, 2.75) is 0 Å². The molecule has 0 heterocycles. The maximum Gasteiger partial charge on any atom is 0.231 e. The van der Waals surface area contributed by atoms with Crippen molar-refractivity contribution in [1.29, 1.82) is 0 Å². The van der Waals surface area contributed by atoms with Crippen molar-refractivity contribution in [1.82, 2.24) is 0 Å². The van der Waals surface area contributed by atoms with Gasteiger partial charge in [0.15, 0.2) is 23.1 Å². The fourth-order valence-corrected chi connectivity index (χ4v) is 2.24.